The van der Waals surface area contributed by atoms with Crippen molar-refractivity contribution in [3.8, 4) is 11.6 Å². The quantitative estimate of drug-likeness (QED) is 0.942. The highest BCUT2D eigenvalue weighted by molar-refractivity contribution is 9.10. The molecule has 0 aliphatic carbocycles. The van der Waals surface area contributed by atoms with Crippen LogP contribution in [0.3, 0.4) is 0 Å². The minimum Gasteiger partial charge on any atom is -0.476 e. The van der Waals surface area contributed by atoms with E-state index in [4.69, 9.17) is 9.84 Å². The van der Waals surface area contributed by atoms with Gasteiger partial charge in [-0.05, 0) is 28.1 Å². The van der Waals surface area contributed by atoms with Gasteiger partial charge in [-0.15, -0.1) is 0 Å². The number of ether oxygens (including phenoxy) is 1. The van der Waals surface area contributed by atoms with Crippen molar-refractivity contribution in [1.82, 2.24) is 9.97 Å². The Balaban J connectivity index is 2.20. The van der Waals surface area contributed by atoms with Crippen molar-refractivity contribution in [2.24, 2.45) is 0 Å². The molecule has 1 aromatic heterocycles. The predicted molar refractivity (Wildman–Crippen MR) is 63.2 cm³/mol. The molecule has 6 heteroatoms. The van der Waals surface area contributed by atoms with Crippen LogP contribution in [0.5, 0.6) is 11.6 Å². The summed E-state index contributed by atoms with van der Waals surface area (Å²) in [7, 11) is 0. The molecule has 2 rings (SSSR count). The van der Waals surface area contributed by atoms with Crippen molar-refractivity contribution in [2.45, 2.75) is 0 Å². The molecule has 0 saturated heterocycles. The molecule has 1 heterocycles. The Morgan fingerprint density at radius 3 is 2.59 bits per heavy atom. The fourth-order valence-corrected chi connectivity index (χ4v) is 1.49. The summed E-state index contributed by atoms with van der Waals surface area (Å²) in [4.78, 5) is 18.1. The number of halogens is 1. The zero-order valence-electron chi connectivity index (χ0n) is 8.50. The number of rotatable bonds is 3. The van der Waals surface area contributed by atoms with E-state index in [9.17, 15) is 4.79 Å². The summed E-state index contributed by atoms with van der Waals surface area (Å²) < 4.78 is 6.21. The number of aromatic carboxylic acids is 1. The van der Waals surface area contributed by atoms with E-state index in [0.29, 0.717) is 5.75 Å². The molecule has 0 aliphatic heterocycles. The first-order chi connectivity index (χ1) is 8.16. The van der Waals surface area contributed by atoms with Gasteiger partial charge in [0.1, 0.15) is 5.75 Å². The van der Waals surface area contributed by atoms with Gasteiger partial charge in [-0.2, -0.15) is 0 Å². The summed E-state index contributed by atoms with van der Waals surface area (Å²) in [6.07, 6.45) is 2.41. The van der Waals surface area contributed by atoms with Crippen molar-refractivity contribution in [2.75, 3.05) is 0 Å². The van der Waals surface area contributed by atoms with E-state index in [1.807, 2.05) is 18.2 Å². The molecule has 0 unspecified atom stereocenters. The Bertz CT molecular complexity index is 543. The van der Waals surface area contributed by atoms with Crippen LogP contribution < -0.4 is 4.74 Å². The van der Waals surface area contributed by atoms with Crippen LogP contribution in [-0.2, 0) is 0 Å². The first kappa shape index (κ1) is 11.5. The van der Waals surface area contributed by atoms with E-state index >= 15 is 0 Å². The number of carbonyl (C=O) groups is 1. The Kier molecular flexibility index (Phi) is 3.34. The first-order valence-electron chi connectivity index (χ1n) is 4.64. The van der Waals surface area contributed by atoms with Crippen LogP contribution in [0.15, 0.2) is 41.1 Å². The number of carboxylic acid groups (broad SMARTS) is 1. The molecule has 0 spiro atoms. The van der Waals surface area contributed by atoms with Gasteiger partial charge in [0.15, 0.2) is 5.69 Å². The topological polar surface area (TPSA) is 72.3 Å². The lowest BCUT2D eigenvalue weighted by Gasteiger charge is -2.05. The molecule has 2 aromatic rings. The lowest BCUT2D eigenvalue weighted by atomic mass is 10.3. The van der Waals surface area contributed by atoms with Gasteiger partial charge >= 0.3 is 5.97 Å². The van der Waals surface area contributed by atoms with Crippen LogP contribution in [0.1, 0.15) is 10.5 Å². The largest absolute Gasteiger partial charge is 0.476 e. The second kappa shape index (κ2) is 4.92. The Morgan fingerprint density at radius 1 is 1.24 bits per heavy atom. The van der Waals surface area contributed by atoms with Crippen molar-refractivity contribution < 1.29 is 14.6 Å². The molecule has 17 heavy (non-hydrogen) atoms. The minimum absolute atomic E-state index is 0.121. The van der Waals surface area contributed by atoms with E-state index in [0.717, 1.165) is 10.7 Å². The molecule has 0 saturated carbocycles. The van der Waals surface area contributed by atoms with Crippen LogP contribution >= 0.6 is 15.9 Å². The van der Waals surface area contributed by atoms with Gasteiger partial charge in [-0.1, -0.05) is 12.1 Å². The van der Waals surface area contributed by atoms with Crippen LogP contribution in [0, 0.1) is 0 Å². The molecule has 1 N–H and O–H groups in total. The summed E-state index contributed by atoms with van der Waals surface area (Å²) >= 11 is 3.32. The number of carboxylic acids is 1. The van der Waals surface area contributed by atoms with E-state index in [-0.39, 0.29) is 11.6 Å². The summed E-state index contributed by atoms with van der Waals surface area (Å²) in [5.41, 5.74) is -0.121. The molecule has 0 radical (unpaired) electrons. The Labute approximate surface area is 105 Å². The Hall–Kier alpha value is -1.95. The van der Waals surface area contributed by atoms with Crippen LogP contribution in [-0.4, -0.2) is 21.0 Å². The number of hydrogen-bond donors (Lipinski definition) is 1. The second-order valence-corrected chi connectivity index (χ2v) is 3.93. The average molecular weight is 295 g/mol. The van der Waals surface area contributed by atoms with Gasteiger partial charge in [-0.3, -0.25) is 0 Å². The predicted octanol–water partition coefficient (Wildman–Crippen LogP) is 2.73. The molecular formula is C11H7BrN2O3. The van der Waals surface area contributed by atoms with Crippen molar-refractivity contribution in [3.63, 3.8) is 0 Å². The molecule has 0 aliphatic rings. The van der Waals surface area contributed by atoms with Gasteiger partial charge in [-0.25, -0.2) is 14.8 Å². The maximum Gasteiger partial charge on any atom is 0.356 e. The fraction of sp³-hybridized carbons (Fsp3) is 0. The van der Waals surface area contributed by atoms with Crippen molar-refractivity contribution in [3.05, 3.63) is 46.8 Å². The van der Waals surface area contributed by atoms with E-state index < -0.39 is 5.97 Å². The van der Waals surface area contributed by atoms with Crippen LogP contribution in [0.25, 0.3) is 0 Å². The number of para-hydroxylation sites is 1. The standard InChI is InChI=1S/C11H7BrN2O3/c12-7-3-1-2-4-9(7)17-10-6-13-8(5-14-10)11(15)16/h1-6H,(H,15,16). The summed E-state index contributed by atoms with van der Waals surface area (Å²) in [6.45, 7) is 0. The highest BCUT2D eigenvalue weighted by Gasteiger charge is 2.07. The van der Waals surface area contributed by atoms with Crippen LogP contribution in [0.2, 0.25) is 0 Å². The number of aromatic nitrogens is 2. The van der Waals surface area contributed by atoms with E-state index in [2.05, 4.69) is 25.9 Å². The van der Waals surface area contributed by atoms with Gasteiger partial charge in [0.2, 0.25) is 5.88 Å². The molecule has 0 atom stereocenters. The van der Waals surface area contributed by atoms with Crippen molar-refractivity contribution >= 4 is 21.9 Å². The van der Waals surface area contributed by atoms with E-state index in [1.54, 1.807) is 6.07 Å². The van der Waals surface area contributed by atoms with Crippen LogP contribution in [0.4, 0.5) is 0 Å². The number of benzene rings is 1. The smallest absolute Gasteiger partial charge is 0.356 e. The lowest BCUT2D eigenvalue weighted by molar-refractivity contribution is 0.0690. The average Bonchev–Trinajstić information content (AvgIpc) is 2.33. The van der Waals surface area contributed by atoms with E-state index in [1.165, 1.54) is 6.20 Å². The Morgan fingerprint density at radius 2 is 2.00 bits per heavy atom. The number of hydrogen-bond acceptors (Lipinski definition) is 4. The summed E-state index contributed by atoms with van der Waals surface area (Å²) in [5.74, 6) is -0.295. The fourth-order valence-electron chi connectivity index (χ4n) is 1.12. The molecular weight excluding hydrogens is 288 g/mol. The molecule has 1 aromatic carbocycles. The maximum atomic E-state index is 10.6. The van der Waals surface area contributed by atoms with Gasteiger partial charge in [0.05, 0.1) is 16.9 Å². The monoisotopic (exact) mass is 294 g/mol. The molecule has 0 amide bonds. The van der Waals surface area contributed by atoms with Gasteiger partial charge < -0.3 is 9.84 Å². The second-order valence-electron chi connectivity index (χ2n) is 3.08. The number of nitrogens with zero attached hydrogens (tertiary/aromatic N) is 2. The normalized spacial score (nSPS) is 9.94. The summed E-state index contributed by atoms with van der Waals surface area (Å²) in [5, 5.41) is 8.66. The third-order valence-electron chi connectivity index (χ3n) is 1.90. The van der Waals surface area contributed by atoms with Gasteiger partial charge in [0.25, 0.3) is 0 Å². The zero-order valence-corrected chi connectivity index (χ0v) is 10.1. The minimum atomic E-state index is -1.12. The molecule has 0 fully saturated rings. The third kappa shape index (κ3) is 2.79. The summed E-state index contributed by atoms with van der Waals surface area (Å²) in [6, 6.07) is 7.26. The van der Waals surface area contributed by atoms with Gasteiger partial charge in [0, 0.05) is 0 Å². The SMILES string of the molecule is O=C(O)c1cnc(Oc2ccccc2Br)cn1. The highest BCUT2D eigenvalue weighted by Crippen LogP contribution is 2.27. The highest BCUT2D eigenvalue weighted by atomic mass is 79.9. The molecule has 5 nitrogen and oxygen atoms in total. The van der Waals surface area contributed by atoms with Crippen molar-refractivity contribution in [1.29, 1.82) is 0 Å². The molecule has 0 bridgehead atoms. The first-order valence-corrected chi connectivity index (χ1v) is 5.44. The maximum absolute atomic E-state index is 10.6. The lowest BCUT2D eigenvalue weighted by Crippen LogP contribution is -2.01. The molecule has 86 valence electrons. The third-order valence-corrected chi connectivity index (χ3v) is 2.55. The zero-order chi connectivity index (χ0) is 12.3.